The third kappa shape index (κ3) is 2.91. The van der Waals surface area contributed by atoms with Crippen molar-refractivity contribution in [3.05, 3.63) is 24.6 Å². The quantitative estimate of drug-likeness (QED) is 0.516. The molecule has 0 bridgehead atoms. The lowest BCUT2D eigenvalue weighted by Crippen LogP contribution is -2.59. The maximum absolute atomic E-state index is 5.48. The first kappa shape index (κ1) is 12.8. The number of rotatable bonds is 5. The summed E-state index contributed by atoms with van der Waals surface area (Å²) in [7, 11) is -1.46. The standard InChI is InChI=1S/C9H21NOSi2/c1-8-12(4,5)10(11-3)13(6,7)9-2/h8-9H,1-2H2,3-7H3. The molecule has 0 rings (SSSR count). The highest BCUT2D eigenvalue weighted by Gasteiger charge is 2.37. The summed E-state index contributed by atoms with van der Waals surface area (Å²) in [5, 5.41) is 0. The van der Waals surface area contributed by atoms with Crippen LogP contribution in [0, 0.1) is 0 Å². The highest BCUT2D eigenvalue weighted by Crippen LogP contribution is 2.20. The Labute approximate surface area is 84.0 Å². The third-order valence-corrected chi connectivity index (χ3v) is 10.1. The van der Waals surface area contributed by atoms with E-state index in [1.165, 1.54) is 0 Å². The summed E-state index contributed by atoms with van der Waals surface area (Å²) in [6.45, 7) is 16.6. The van der Waals surface area contributed by atoms with E-state index in [1.54, 1.807) is 7.11 Å². The van der Waals surface area contributed by atoms with Gasteiger partial charge < -0.3 is 4.84 Å². The van der Waals surface area contributed by atoms with Crippen LogP contribution in [0.25, 0.3) is 0 Å². The number of hydrogen-bond acceptors (Lipinski definition) is 2. The molecule has 4 heteroatoms. The van der Waals surface area contributed by atoms with Gasteiger partial charge in [0.25, 0.3) is 0 Å². The van der Waals surface area contributed by atoms with E-state index in [0.717, 1.165) is 0 Å². The highest BCUT2D eigenvalue weighted by atomic mass is 28.4. The predicted octanol–water partition coefficient (Wildman–Crippen LogP) is 2.71. The van der Waals surface area contributed by atoms with E-state index in [9.17, 15) is 0 Å². The average molecular weight is 215 g/mol. The molecule has 0 aliphatic rings. The van der Waals surface area contributed by atoms with Gasteiger partial charge >= 0.3 is 0 Å². The second kappa shape index (κ2) is 4.37. The fourth-order valence-corrected chi connectivity index (χ4v) is 9.14. The van der Waals surface area contributed by atoms with Crippen LogP contribution in [0.3, 0.4) is 0 Å². The molecule has 0 saturated heterocycles. The Kier molecular flexibility index (Phi) is 4.31. The van der Waals surface area contributed by atoms with Crippen LogP contribution in [0.1, 0.15) is 0 Å². The van der Waals surface area contributed by atoms with Crippen molar-refractivity contribution in [2.45, 2.75) is 26.2 Å². The van der Waals surface area contributed by atoms with Crippen molar-refractivity contribution in [1.29, 1.82) is 0 Å². The zero-order valence-electron chi connectivity index (χ0n) is 9.42. The Hall–Kier alpha value is -0.166. The predicted molar refractivity (Wildman–Crippen MR) is 64.2 cm³/mol. The van der Waals surface area contributed by atoms with Gasteiger partial charge in [-0.1, -0.05) is 37.6 Å². The molecule has 13 heavy (non-hydrogen) atoms. The van der Waals surface area contributed by atoms with Crippen LogP contribution in [0.4, 0.5) is 0 Å². The van der Waals surface area contributed by atoms with Gasteiger partial charge in [0, 0.05) is 0 Å². The van der Waals surface area contributed by atoms with E-state index in [1.807, 2.05) is 11.4 Å². The lowest BCUT2D eigenvalue weighted by molar-refractivity contribution is 0.00938. The number of hydrogen-bond donors (Lipinski definition) is 0. The van der Waals surface area contributed by atoms with Gasteiger partial charge in [-0.25, -0.2) is 4.39 Å². The molecule has 0 aliphatic heterocycles. The Morgan fingerprint density at radius 1 is 1.00 bits per heavy atom. The maximum atomic E-state index is 5.48. The number of nitrogens with zero attached hydrogens (tertiary/aromatic N) is 1. The Morgan fingerprint density at radius 2 is 1.31 bits per heavy atom. The van der Waals surface area contributed by atoms with Crippen LogP contribution in [0.15, 0.2) is 24.6 Å². The van der Waals surface area contributed by atoms with E-state index >= 15 is 0 Å². The normalized spacial score (nSPS) is 13.1. The molecule has 0 unspecified atom stereocenters. The molecule has 0 aromatic rings. The largest absolute Gasteiger partial charge is 0.315 e. The molecule has 0 aromatic carbocycles. The van der Waals surface area contributed by atoms with Crippen LogP contribution in [-0.4, -0.2) is 28.0 Å². The van der Waals surface area contributed by atoms with Gasteiger partial charge in [-0.3, -0.25) is 0 Å². The summed E-state index contributed by atoms with van der Waals surface area (Å²) >= 11 is 0. The average Bonchev–Trinajstić information content (AvgIpc) is 2.05. The summed E-state index contributed by atoms with van der Waals surface area (Å²) in [5.74, 6) is 0. The van der Waals surface area contributed by atoms with Gasteiger partial charge in [0.15, 0.2) is 16.5 Å². The van der Waals surface area contributed by atoms with E-state index in [0.29, 0.717) is 0 Å². The van der Waals surface area contributed by atoms with Crippen LogP contribution in [-0.2, 0) is 4.84 Å². The summed E-state index contributed by atoms with van der Waals surface area (Å²) in [6.07, 6.45) is 0. The minimum absolute atomic E-state index is 1.60. The lowest BCUT2D eigenvalue weighted by atomic mass is 11.3. The van der Waals surface area contributed by atoms with Crippen molar-refractivity contribution < 1.29 is 4.84 Å². The zero-order valence-corrected chi connectivity index (χ0v) is 11.4. The fourth-order valence-electron chi connectivity index (χ4n) is 1.38. The SMILES string of the molecule is C=C[Si](C)(C)N(OC)[Si](C)(C)C=C. The van der Waals surface area contributed by atoms with Gasteiger partial charge in [0.1, 0.15) is 0 Å². The van der Waals surface area contributed by atoms with Crippen molar-refractivity contribution in [3.8, 4) is 0 Å². The molecule has 2 nitrogen and oxygen atoms in total. The van der Waals surface area contributed by atoms with Gasteiger partial charge in [0.05, 0.1) is 7.11 Å². The van der Waals surface area contributed by atoms with E-state index < -0.39 is 16.5 Å². The van der Waals surface area contributed by atoms with Crippen molar-refractivity contribution in [3.63, 3.8) is 0 Å². The molecule has 0 atom stereocenters. The summed E-state index contributed by atoms with van der Waals surface area (Å²) < 4.78 is 2.15. The zero-order chi connectivity index (χ0) is 10.7. The minimum Gasteiger partial charge on any atom is -0.315 e. The van der Waals surface area contributed by atoms with E-state index in [4.69, 9.17) is 4.84 Å². The topological polar surface area (TPSA) is 12.5 Å². The molecular formula is C9H21NOSi2. The van der Waals surface area contributed by atoms with Crippen molar-refractivity contribution in [1.82, 2.24) is 4.39 Å². The van der Waals surface area contributed by atoms with Crippen LogP contribution >= 0.6 is 0 Å². The molecule has 0 fully saturated rings. The first-order chi connectivity index (χ1) is 5.81. The van der Waals surface area contributed by atoms with Gasteiger partial charge in [-0.15, -0.1) is 13.2 Å². The molecule has 0 heterocycles. The first-order valence-corrected chi connectivity index (χ1v) is 10.5. The monoisotopic (exact) mass is 215 g/mol. The molecule has 0 amide bonds. The lowest BCUT2D eigenvalue weighted by Gasteiger charge is -2.41. The molecule has 0 aliphatic carbocycles. The Balaban J connectivity index is 4.89. The maximum Gasteiger partial charge on any atom is 0.167 e. The highest BCUT2D eigenvalue weighted by molar-refractivity contribution is 6.94. The summed E-state index contributed by atoms with van der Waals surface area (Å²) in [6, 6.07) is 0. The molecule has 76 valence electrons. The van der Waals surface area contributed by atoms with E-state index in [-0.39, 0.29) is 0 Å². The summed E-state index contributed by atoms with van der Waals surface area (Å²) in [5.41, 5.74) is 4.07. The second-order valence-corrected chi connectivity index (χ2v) is 12.9. The van der Waals surface area contributed by atoms with Crippen molar-refractivity contribution >= 4 is 16.5 Å². The summed E-state index contributed by atoms with van der Waals surface area (Å²) in [4.78, 5) is 5.48. The Bertz CT molecular complexity index is 182. The second-order valence-electron chi connectivity index (χ2n) is 4.19. The smallest absolute Gasteiger partial charge is 0.167 e. The van der Waals surface area contributed by atoms with E-state index in [2.05, 4.69) is 43.7 Å². The van der Waals surface area contributed by atoms with Gasteiger partial charge in [-0.2, -0.15) is 0 Å². The van der Waals surface area contributed by atoms with Crippen LogP contribution in [0.2, 0.25) is 26.2 Å². The minimum atomic E-state index is -1.60. The molecule has 0 N–H and O–H groups in total. The Morgan fingerprint density at radius 3 is 1.46 bits per heavy atom. The molecular weight excluding hydrogens is 194 g/mol. The molecule has 0 radical (unpaired) electrons. The van der Waals surface area contributed by atoms with Crippen LogP contribution < -0.4 is 0 Å². The molecule has 0 aromatic heterocycles. The van der Waals surface area contributed by atoms with Crippen molar-refractivity contribution in [2.24, 2.45) is 0 Å². The van der Waals surface area contributed by atoms with Crippen LogP contribution in [0.5, 0.6) is 0 Å². The third-order valence-electron chi connectivity index (χ3n) is 2.23. The molecule has 0 saturated carbocycles. The molecule has 0 spiro atoms. The first-order valence-electron chi connectivity index (χ1n) is 4.43. The van der Waals surface area contributed by atoms with Gasteiger partial charge in [0.2, 0.25) is 0 Å². The van der Waals surface area contributed by atoms with Crippen molar-refractivity contribution in [2.75, 3.05) is 7.11 Å². The van der Waals surface area contributed by atoms with Gasteiger partial charge in [-0.05, 0) is 0 Å². The fraction of sp³-hybridized carbons (Fsp3) is 0.556.